The van der Waals surface area contributed by atoms with Crippen LogP contribution in [0.25, 0.3) is 0 Å². The van der Waals surface area contributed by atoms with Crippen LogP contribution in [0.1, 0.15) is 15.4 Å². The van der Waals surface area contributed by atoms with E-state index in [2.05, 4.69) is 34.3 Å². The maximum atomic E-state index is 6.02. The van der Waals surface area contributed by atoms with Gasteiger partial charge in [0.05, 0.1) is 18.1 Å². The molecule has 114 valence electrons. The molecule has 0 fully saturated rings. The Morgan fingerprint density at radius 1 is 1.48 bits per heavy atom. The van der Waals surface area contributed by atoms with Crippen molar-refractivity contribution in [2.24, 2.45) is 12.0 Å². The number of guanidine groups is 1. The van der Waals surface area contributed by atoms with Gasteiger partial charge in [-0.05, 0) is 25.1 Å². The molecule has 0 aliphatic rings. The molecule has 0 saturated heterocycles. The van der Waals surface area contributed by atoms with Crippen molar-refractivity contribution >= 4 is 28.9 Å². The summed E-state index contributed by atoms with van der Waals surface area (Å²) in [4.78, 5) is 9.06. The first-order valence-electron chi connectivity index (χ1n) is 6.77. The van der Waals surface area contributed by atoms with Gasteiger partial charge in [0, 0.05) is 42.8 Å². The van der Waals surface area contributed by atoms with Crippen LogP contribution in [-0.4, -0.2) is 29.5 Å². The summed E-state index contributed by atoms with van der Waals surface area (Å²) in [5, 5.41) is 4.15. The normalized spacial score (nSPS) is 11.8. The molecule has 2 aromatic rings. The summed E-state index contributed by atoms with van der Waals surface area (Å²) in [5.41, 5.74) is 1.15. The van der Waals surface area contributed by atoms with Crippen LogP contribution in [0.15, 0.2) is 29.4 Å². The van der Waals surface area contributed by atoms with Crippen molar-refractivity contribution < 1.29 is 0 Å². The summed E-state index contributed by atoms with van der Waals surface area (Å²) >= 11 is 7.83. The zero-order valence-electron chi connectivity index (χ0n) is 12.9. The molecule has 0 amide bonds. The number of rotatable bonds is 4. The van der Waals surface area contributed by atoms with E-state index in [4.69, 9.17) is 11.6 Å². The van der Waals surface area contributed by atoms with E-state index in [1.54, 1.807) is 18.4 Å². The number of aryl methyl sites for hydroxylation is 2. The maximum absolute atomic E-state index is 6.02. The number of nitrogens with one attached hydrogen (secondary N) is 1. The summed E-state index contributed by atoms with van der Waals surface area (Å²) in [5.74, 6) is 0.873. The Morgan fingerprint density at radius 3 is 2.76 bits per heavy atom. The summed E-state index contributed by atoms with van der Waals surface area (Å²) in [6.07, 6.45) is 1.91. The minimum absolute atomic E-state index is 0.756. The van der Waals surface area contributed by atoms with Gasteiger partial charge in [-0.1, -0.05) is 11.6 Å². The predicted octanol–water partition coefficient (Wildman–Crippen LogP) is 3.26. The van der Waals surface area contributed by atoms with E-state index in [0.717, 1.165) is 29.8 Å². The molecule has 2 rings (SSSR count). The highest BCUT2D eigenvalue weighted by atomic mass is 35.5. The molecule has 0 atom stereocenters. The van der Waals surface area contributed by atoms with Gasteiger partial charge in [-0.15, -0.1) is 11.3 Å². The van der Waals surface area contributed by atoms with Crippen molar-refractivity contribution in [2.45, 2.75) is 20.0 Å². The first-order chi connectivity index (χ1) is 9.99. The minimum atomic E-state index is 0.756. The van der Waals surface area contributed by atoms with Gasteiger partial charge in [0.2, 0.25) is 0 Å². The third kappa shape index (κ3) is 4.25. The molecule has 4 nitrogen and oxygen atoms in total. The van der Waals surface area contributed by atoms with Crippen LogP contribution < -0.4 is 5.32 Å². The number of aliphatic imine (C=N–C) groups is 1. The van der Waals surface area contributed by atoms with E-state index in [1.165, 1.54) is 9.75 Å². The minimum Gasteiger partial charge on any atom is -0.351 e. The Kier molecular flexibility index (Phi) is 5.31. The van der Waals surface area contributed by atoms with Gasteiger partial charge >= 0.3 is 0 Å². The van der Waals surface area contributed by atoms with E-state index in [0.29, 0.717) is 0 Å². The quantitative estimate of drug-likeness (QED) is 0.691. The van der Waals surface area contributed by atoms with E-state index >= 15 is 0 Å². The van der Waals surface area contributed by atoms with Crippen molar-refractivity contribution in [3.63, 3.8) is 0 Å². The van der Waals surface area contributed by atoms with Gasteiger partial charge < -0.3 is 14.8 Å². The smallest absolute Gasteiger partial charge is 0.194 e. The van der Waals surface area contributed by atoms with Gasteiger partial charge in [-0.3, -0.25) is 4.99 Å². The highest BCUT2D eigenvalue weighted by Gasteiger charge is 2.10. The molecule has 2 aromatic heterocycles. The molecule has 6 heteroatoms. The molecule has 1 N–H and O–H groups in total. The monoisotopic (exact) mass is 324 g/mol. The second-order valence-corrected chi connectivity index (χ2v) is 6.84. The Balaban J connectivity index is 1.95. The average Bonchev–Trinajstić information content (AvgIpc) is 2.96. The van der Waals surface area contributed by atoms with Gasteiger partial charge in [-0.25, -0.2) is 0 Å². The Hall–Kier alpha value is -1.46. The number of nitrogens with zero attached hydrogens (tertiary/aromatic N) is 3. The summed E-state index contributed by atoms with van der Waals surface area (Å²) < 4.78 is 2.04. The molecule has 0 unspecified atom stereocenters. The van der Waals surface area contributed by atoms with E-state index in [1.807, 2.05) is 30.9 Å². The van der Waals surface area contributed by atoms with Crippen LogP contribution in [0, 0.1) is 6.92 Å². The van der Waals surface area contributed by atoms with Crippen LogP contribution in [0.3, 0.4) is 0 Å². The van der Waals surface area contributed by atoms with Crippen molar-refractivity contribution in [3.8, 4) is 0 Å². The van der Waals surface area contributed by atoms with Gasteiger partial charge in [0.25, 0.3) is 0 Å². The fourth-order valence-corrected chi connectivity index (χ4v) is 3.27. The zero-order chi connectivity index (χ0) is 15.4. The number of hydrogen-bond donors (Lipinski definition) is 1. The van der Waals surface area contributed by atoms with E-state index in [-0.39, 0.29) is 0 Å². The number of hydrogen-bond acceptors (Lipinski definition) is 2. The molecule has 0 aliphatic carbocycles. The van der Waals surface area contributed by atoms with Gasteiger partial charge in [0.15, 0.2) is 5.96 Å². The predicted molar refractivity (Wildman–Crippen MR) is 91.1 cm³/mol. The SMILES string of the molecule is CN=C(NCc1ccc(C)s1)N(C)Cc1cc(Cl)cn1C. The third-order valence-corrected chi connectivity index (χ3v) is 4.47. The average molecular weight is 325 g/mol. The molecule has 0 radical (unpaired) electrons. The first kappa shape index (κ1) is 15.9. The molecule has 0 bridgehead atoms. The Morgan fingerprint density at radius 2 is 2.24 bits per heavy atom. The van der Waals surface area contributed by atoms with Crippen LogP contribution in [0.5, 0.6) is 0 Å². The topological polar surface area (TPSA) is 32.6 Å². The fraction of sp³-hybridized carbons (Fsp3) is 0.400. The lowest BCUT2D eigenvalue weighted by molar-refractivity contribution is 0.462. The summed E-state index contributed by atoms with van der Waals surface area (Å²) in [7, 11) is 5.83. The molecular formula is C15H21ClN4S. The van der Waals surface area contributed by atoms with Gasteiger partial charge in [-0.2, -0.15) is 0 Å². The lowest BCUT2D eigenvalue weighted by atomic mass is 10.4. The maximum Gasteiger partial charge on any atom is 0.194 e. The second kappa shape index (κ2) is 7.00. The van der Waals surface area contributed by atoms with Crippen LogP contribution in [0.4, 0.5) is 0 Å². The molecule has 0 spiro atoms. The van der Waals surface area contributed by atoms with Crippen molar-refractivity contribution in [2.75, 3.05) is 14.1 Å². The largest absolute Gasteiger partial charge is 0.351 e. The van der Waals surface area contributed by atoms with Crippen molar-refractivity contribution in [3.05, 3.63) is 44.9 Å². The second-order valence-electron chi connectivity index (χ2n) is 5.03. The van der Waals surface area contributed by atoms with Crippen LogP contribution >= 0.6 is 22.9 Å². The van der Waals surface area contributed by atoms with Gasteiger partial charge in [0.1, 0.15) is 0 Å². The molecular weight excluding hydrogens is 304 g/mol. The van der Waals surface area contributed by atoms with Crippen LogP contribution in [-0.2, 0) is 20.1 Å². The number of aromatic nitrogens is 1. The highest BCUT2D eigenvalue weighted by Crippen LogP contribution is 2.16. The zero-order valence-corrected chi connectivity index (χ0v) is 14.4. The third-order valence-electron chi connectivity index (χ3n) is 3.26. The van der Waals surface area contributed by atoms with E-state index < -0.39 is 0 Å². The lowest BCUT2D eigenvalue weighted by Gasteiger charge is -2.22. The highest BCUT2D eigenvalue weighted by molar-refractivity contribution is 7.11. The summed E-state index contributed by atoms with van der Waals surface area (Å²) in [6.45, 7) is 3.67. The molecule has 21 heavy (non-hydrogen) atoms. The number of thiophene rings is 1. The standard InChI is InChI=1S/C15H21ClN4S/c1-11-5-6-14(21-11)8-18-15(17-2)20(4)10-13-7-12(16)9-19(13)3/h5-7,9H,8,10H2,1-4H3,(H,17,18). The summed E-state index contributed by atoms with van der Waals surface area (Å²) in [6, 6.07) is 6.27. The Labute approximate surface area is 135 Å². The lowest BCUT2D eigenvalue weighted by Crippen LogP contribution is -2.38. The molecule has 2 heterocycles. The molecule has 0 aliphatic heterocycles. The fourth-order valence-electron chi connectivity index (χ4n) is 2.17. The molecule has 0 saturated carbocycles. The molecule has 0 aromatic carbocycles. The Bertz CT molecular complexity index is 629. The first-order valence-corrected chi connectivity index (χ1v) is 7.97. The van der Waals surface area contributed by atoms with E-state index in [9.17, 15) is 0 Å². The van der Waals surface area contributed by atoms with Crippen molar-refractivity contribution in [1.29, 1.82) is 0 Å². The van der Waals surface area contributed by atoms with Crippen molar-refractivity contribution in [1.82, 2.24) is 14.8 Å². The van der Waals surface area contributed by atoms with Crippen LogP contribution in [0.2, 0.25) is 5.02 Å². The number of halogens is 1.